The summed E-state index contributed by atoms with van der Waals surface area (Å²) in [6.45, 7) is 3.55. The van der Waals surface area contributed by atoms with Crippen LogP contribution in [0.15, 0.2) is 42.5 Å². The number of nitrogens with zero attached hydrogens (tertiary/aromatic N) is 3. The summed E-state index contributed by atoms with van der Waals surface area (Å²) in [5.74, 6) is -0.673. The third kappa shape index (κ3) is 3.95. The minimum atomic E-state index is -0.673. The summed E-state index contributed by atoms with van der Waals surface area (Å²) in [5.41, 5.74) is 6.86. The molecule has 2 aromatic carbocycles. The van der Waals surface area contributed by atoms with Crippen LogP contribution in [0.2, 0.25) is 5.02 Å². The fraction of sp³-hybridized carbons (Fsp3) is 0.278. The predicted octanol–water partition coefficient (Wildman–Crippen LogP) is 2.67. The van der Waals surface area contributed by atoms with Crippen molar-refractivity contribution in [1.29, 1.82) is 0 Å². The lowest BCUT2D eigenvalue weighted by atomic mass is 10.1. The molecule has 2 N–H and O–H groups in total. The van der Waals surface area contributed by atoms with Crippen molar-refractivity contribution in [2.75, 3.05) is 31.1 Å². The van der Waals surface area contributed by atoms with Crippen LogP contribution in [0.4, 0.5) is 11.4 Å². The number of halogens is 1. The molecule has 136 valence electrons. The first kappa shape index (κ1) is 18.2. The molecule has 1 heterocycles. The predicted molar refractivity (Wildman–Crippen MR) is 101 cm³/mol. The van der Waals surface area contributed by atoms with E-state index in [2.05, 4.69) is 9.80 Å². The molecule has 1 amide bonds. The Labute approximate surface area is 156 Å². The highest BCUT2D eigenvalue weighted by molar-refractivity contribution is 6.33. The minimum Gasteiger partial charge on any atom is -0.368 e. The van der Waals surface area contributed by atoms with Gasteiger partial charge in [0.15, 0.2) is 0 Å². The van der Waals surface area contributed by atoms with E-state index in [1.807, 2.05) is 24.3 Å². The van der Waals surface area contributed by atoms with Crippen LogP contribution in [0.25, 0.3) is 0 Å². The Kier molecular flexibility index (Phi) is 5.39. The number of rotatable bonds is 5. The van der Waals surface area contributed by atoms with E-state index in [1.54, 1.807) is 6.07 Å². The number of primary amides is 1. The van der Waals surface area contributed by atoms with Gasteiger partial charge in [-0.3, -0.25) is 19.8 Å². The van der Waals surface area contributed by atoms with Gasteiger partial charge in [0.2, 0.25) is 5.91 Å². The number of amides is 1. The van der Waals surface area contributed by atoms with Crippen LogP contribution in [-0.4, -0.2) is 41.9 Å². The van der Waals surface area contributed by atoms with Gasteiger partial charge in [-0.1, -0.05) is 29.8 Å². The smallest absolute Gasteiger partial charge is 0.274 e. The zero-order valence-electron chi connectivity index (χ0n) is 14.1. The van der Waals surface area contributed by atoms with Crippen LogP contribution >= 0.6 is 11.6 Å². The summed E-state index contributed by atoms with van der Waals surface area (Å²) in [5, 5.41) is 12.0. The second-order valence-electron chi connectivity index (χ2n) is 6.18. The average Bonchev–Trinajstić information content (AvgIpc) is 2.63. The minimum absolute atomic E-state index is 0.0742. The Hall–Kier alpha value is -2.64. The first-order valence-corrected chi connectivity index (χ1v) is 8.62. The van der Waals surface area contributed by atoms with Crippen molar-refractivity contribution in [1.82, 2.24) is 4.90 Å². The van der Waals surface area contributed by atoms with Crippen LogP contribution in [0.5, 0.6) is 0 Å². The highest BCUT2D eigenvalue weighted by Gasteiger charge is 2.22. The molecule has 0 unspecified atom stereocenters. The van der Waals surface area contributed by atoms with E-state index in [-0.39, 0.29) is 11.3 Å². The SMILES string of the molecule is NC(=O)c1ccc(CN2CCN(c3ccccc3Cl)CC2)c([N+](=O)[O-])c1. The molecular formula is C18H19ClN4O3. The van der Waals surface area contributed by atoms with Crippen molar-refractivity contribution in [3.63, 3.8) is 0 Å². The fourth-order valence-corrected chi connectivity index (χ4v) is 3.37. The molecule has 8 heteroatoms. The van der Waals surface area contributed by atoms with Gasteiger partial charge in [0, 0.05) is 49.9 Å². The van der Waals surface area contributed by atoms with Gasteiger partial charge in [0.05, 0.1) is 15.6 Å². The monoisotopic (exact) mass is 374 g/mol. The third-order valence-corrected chi connectivity index (χ3v) is 4.85. The van der Waals surface area contributed by atoms with E-state index >= 15 is 0 Å². The first-order valence-electron chi connectivity index (χ1n) is 8.24. The average molecular weight is 375 g/mol. The zero-order chi connectivity index (χ0) is 18.7. The molecule has 0 atom stereocenters. The Morgan fingerprint density at radius 2 is 1.85 bits per heavy atom. The summed E-state index contributed by atoms with van der Waals surface area (Å²) in [7, 11) is 0. The maximum atomic E-state index is 11.3. The fourth-order valence-electron chi connectivity index (χ4n) is 3.12. The standard InChI is InChI=1S/C18H19ClN4O3/c19-15-3-1-2-4-16(15)22-9-7-21(8-10-22)12-14-6-5-13(18(20)24)11-17(14)23(25)26/h1-6,11H,7-10,12H2,(H2,20,24). The Morgan fingerprint density at radius 3 is 2.46 bits per heavy atom. The lowest BCUT2D eigenvalue weighted by Gasteiger charge is -2.36. The van der Waals surface area contributed by atoms with E-state index < -0.39 is 10.8 Å². The summed E-state index contributed by atoms with van der Waals surface area (Å²) in [6, 6.07) is 12.1. The number of hydrogen-bond acceptors (Lipinski definition) is 5. The van der Waals surface area contributed by atoms with Crippen LogP contribution in [-0.2, 0) is 6.54 Å². The normalized spacial score (nSPS) is 15.0. The van der Waals surface area contributed by atoms with Gasteiger partial charge in [0.1, 0.15) is 0 Å². The Balaban J connectivity index is 1.69. The van der Waals surface area contributed by atoms with Crippen LogP contribution < -0.4 is 10.6 Å². The largest absolute Gasteiger partial charge is 0.368 e. The number of para-hydroxylation sites is 1. The number of hydrogen-bond donors (Lipinski definition) is 1. The Morgan fingerprint density at radius 1 is 1.15 bits per heavy atom. The zero-order valence-corrected chi connectivity index (χ0v) is 14.9. The van der Waals surface area contributed by atoms with Crippen molar-refractivity contribution >= 4 is 28.9 Å². The third-order valence-electron chi connectivity index (χ3n) is 4.53. The molecule has 0 radical (unpaired) electrons. The number of anilines is 1. The molecule has 0 bridgehead atoms. The van der Waals surface area contributed by atoms with Gasteiger partial charge in [-0.15, -0.1) is 0 Å². The molecule has 3 rings (SSSR count). The van der Waals surface area contributed by atoms with Gasteiger partial charge in [-0.25, -0.2) is 0 Å². The molecular weight excluding hydrogens is 356 g/mol. The molecule has 0 aliphatic carbocycles. The molecule has 0 saturated carbocycles. The van der Waals surface area contributed by atoms with Crippen molar-refractivity contribution in [3.8, 4) is 0 Å². The first-order chi connectivity index (χ1) is 12.5. The van der Waals surface area contributed by atoms with Gasteiger partial charge in [-0.2, -0.15) is 0 Å². The van der Waals surface area contributed by atoms with Crippen molar-refractivity contribution in [2.45, 2.75) is 6.54 Å². The van der Waals surface area contributed by atoms with Crippen molar-refractivity contribution in [2.24, 2.45) is 5.73 Å². The quantitative estimate of drug-likeness (QED) is 0.641. The van der Waals surface area contributed by atoms with E-state index in [9.17, 15) is 14.9 Å². The molecule has 1 aliphatic heterocycles. The molecule has 2 aromatic rings. The van der Waals surface area contributed by atoms with E-state index in [0.29, 0.717) is 12.1 Å². The lowest BCUT2D eigenvalue weighted by molar-refractivity contribution is -0.385. The number of piperazine rings is 1. The van der Waals surface area contributed by atoms with Gasteiger partial charge in [0.25, 0.3) is 5.69 Å². The number of nitro groups is 1. The molecule has 0 spiro atoms. The summed E-state index contributed by atoms with van der Waals surface area (Å²) >= 11 is 6.25. The number of nitrogens with two attached hydrogens (primary N) is 1. The number of carbonyl (C=O) groups excluding carboxylic acids is 1. The molecule has 1 aliphatic rings. The van der Waals surface area contributed by atoms with Gasteiger partial charge >= 0.3 is 0 Å². The lowest BCUT2D eigenvalue weighted by Crippen LogP contribution is -2.46. The second-order valence-corrected chi connectivity index (χ2v) is 6.59. The molecule has 26 heavy (non-hydrogen) atoms. The van der Waals surface area contributed by atoms with Crippen molar-refractivity contribution < 1.29 is 9.72 Å². The number of benzene rings is 2. The number of nitro benzene ring substituents is 1. The molecule has 1 fully saturated rings. The molecule has 7 nitrogen and oxygen atoms in total. The van der Waals surface area contributed by atoms with Gasteiger partial charge < -0.3 is 10.6 Å². The number of carbonyl (C=O) groups is 1. The van der Waals surface area contributed by atoms with Crippen LogP contribution in [0.1, 0.15) is 15.9 Å². The Bertz CT molecular complexity index is 835. The van der Waals surface area contributed by atoms with Gasteiger partial charge in [-0.05, 0) is 18.2 Å². The molecule has 1 saturated heterocycles. The van der Waals surface area contributed by atoms with Crippen LogP contribution in [0.3, 0.4) is 0 Å². The maximum absolute atomic E-state index is 11.3. The maximum Gasteiger partial charge on any atom is 0.274 e. The second kappa shape index (κ2) is 7.72. The highest BCUT2D eigenvalue weighted by atomic mass is 35.5. The van der Waals surface area contributed by atoms with E-state index in [0.717, 1.165) is 36.9 Å². The summed E-state index contributed by atoms with van der Waals surface area (Å²) < 4.78 is 0. The summed E-state index contributed by atoms with van der Waals surface area (Å²) in [4.78, 5) is 26.5. The van der Waals surface area contributed by atoms with E-state index in [1.165, 1.54) is 12.1 Å². The van der Waals surface area contributed by atoms with Crippen LogP contribution in [0, 0.1) is 10.1 Å². The molecule has 0 aromatic heterocycles. The van der Waals surface area contributed by atoms with Crippen molar-refractivity contribution in [3.05, 3.63) is 68.7 Å². The topological polar surface area (TPSA) is 92.7 Å². The highest BCUT2D eigenvalue weighted by Crippen LogP contribution is 2.27. The summed E-state index contributed by atoms with van der Waals surface area (Å²) in [6.07, 6.45) is 0. The van der Waals surface area contributed by atoms with E-state index in [4.69, 9.17) is 17.3 Å².